The highest BCUT2D eigenvalue weighted by atomic mass is 15.1. The third kappa shape index (κ3) is 3.79. The van der Waals surface area contributed by atoms with Gasteiger partial charge < -0.3 is 10.2 Å². The first-order valence-corrected chi connectivity index (χ1v) is 8.69. The Morgan fingerprint density at radius 1 is 1.10 bits per heavy atom. The van der Waals surface area contributed by atoms with Gasteiger partial charge in [0.15, 0.2) is 0 Å². The molecular formula is C19H30N2. The molecule has 0 bridgehead atoms. The maximum Gasteiger partial charge on any atom is 0.0396 e. The summed E-state index contributed by atoms with van der Waals surface area (Å²) in [5, 5.41) is 3.60. The van der Waals surface area contributed by atoms with Gasteiger partial charge >= 0.3 is 0 Å². The van der Waals surface area contributed by atoms with Crippen LogP contribution in [0, 0.1) is 12.8 Å². The molecule has 3 rings (SSSR count). The highest BCUT2D eigenvalue weighted by molar-refractivity contribution is 5.54. The Morgan fingerprint density at radius 3 is 2.43 bits per heavy atom. The van der Waals surface area contributed by atoms with Crippen LogP contribution in [-0.4, -0.2) is 19.1 Å². The second-order valence-electron chi connectivity index (χ2n) is 7.30. The van der Waals surface area contributed by atoms with Crippen LogP contribution in [0.15, 0.2) is 18.2 Å². The molecule has 0 unspecified atom stereocenters. The first-order chi connectivity index (χ1) is 10.1. The van der Waals surface area contributed by atoms with Crippen molar-refractivity contribution < 1.29 is 0 Å². The normalized spacial score (nSPS) is 25.9. The molecule has 2 aliphatic carbocycles. The lowest BCUT2D eigenvalue weighted by Crippen LogP contribution is -2.35. The van der Waals surface area contributed by atoms with Gasteiger partial charge in [-0.3, -0.25) is 0 Å². The van der Waals surface area contributed by atoms with Gasteiger partial charge in [-0.15, -0.1) is 0 Å². The van der Waals surface area contributed by atoms with E-state index < -0.39 is 0 Å². The lowest BCUT2D eigenvalue weighted by molar-refractivity contribution is 0.340. The summed E-state index contributed by atoms with van der Waals surface area (Å²) in [6.45, 7) is 5.68. The zero-order chi connectivity index (χ0) is 14.8. The first kappa shape index (κ1) is 14.9. The molecule has 2 saturated carbocycles. The molecule has 0 atom stereocenters. The van der Waals surface area contributed by atoms with Gasteiger partial charge in [0.1, 0.15) is 0 Å². The summed E-state index contributed by atoms with van der Waals surface area (Å²) in [6, 6.07) is 8.52. The van der Waals surface area contributed by atoms with Gasteiger partial charge in [0.05, 0.1) is 0 Å². The fourth-order valence-corrected chi connectivity index (χ4v) is 3.60. The minimum atomic E-state index is 0.732. The molecule has 21 heavy (non-hydrogen) atoms. The molecule has 2 fully saturated rings. The van der Waals surface area contributed by atoms with Crippen molar-refractivity contribution in [1.82, 2.24) is 5.32 Å². The second kappa shape index (κ2) is 6.39. The van der Waals surface area contributed by atoms with Gasteiger partial charge in [0.25, 0.3) is 0 Å². The average molecular weight is 286 g/mol. The van der Waals surface area contributed by atoms with Crippen LogP contribution in [0.5, 0.6) is 0 Å². The van der Waals surface area contributed by atoms with E-state index >= 15 is 0 Å². The molecule has 2 aliphatic rings. The molecule has 0 amide bonds. The van der Waals surface area contributed by atoms with Crippen molar-refractivity contribution in [1.29, 1.82) is 0 Å². The molecule has 116 valence electrons. The predicted molar refractivity (Wildman–Crippen MR) is 90.9 cm³/mol. The first-order valence-electron chi connectivity index (χ1n) is 8.69. The molecular weight excluding hydrogens is 256 g/mol. The van der Waals surface area contributed by atoms with E-state index in [0.29, 0.717) is 0 Å². The molecule has 0 spiro atoms. The number of benzene rings is 1. The number of nitrogens with one attached hydrogen (secondary N) is 1. The smallest absolute Gasteiger partial charge is 0.0396 e. The monoisotopic (exact) mass is 286 g/mol. The molecule has 0 aromatic heterocycles. The van der Waals surface area contributed by atoms with Crippen LogP contribution in [0.25, 0.3) is 0 Å². The molecule has 0 saturated heterocycles. The summed E-state index contributed by atoms with van der Waals surface area (Å²) in [6.07, 6.45) is 8.19. The zero-order valence-electron chi connectivity index (χ0n) is 13.9. The van der Waals surface area contributed by atoms with Gasteiger partial charge in [-0.25, -0.2) is 0 Å². The van der Waals surface area contributed by atoms with Gasteiger partial charge in [-0.05, 0) is 68.6 Å². The van der Waals surface area contributed by atoms with E-state index in [9.17, 15) is 0 Å². The fraction of sp³-hybridized carbons (Fsp3) is 0.684. The summed E-state index contributed by atoms with van der Waals surface area (Å²) in [5.74, 6) is 0.923. The maximum atomic E-state index is 3.60. The van der Waals surface area contributed by atoms with Crippen molar-refractivity contribution in [3.8, 4) is 0 Å². The highest BCUT2D eigenvalue weighted by Crippen LogP contribution is 2.31. The Hall–Kier alpha value is -1.02. The van der Waals surface area contributed by atoms with Crippen LogP contribution in [-0.2, 0) is 6.54 Å². The summed E-state index contributed by atoms with van der Waals surface area (Å²) < 4.78 is 0. The largest absolute Gasteiger partial charge is 0.371 e. The third-order valence-electron chi connectivity index (χ3n) is 5.35. The summed E-state index contributed by atoms with van der Waals surface area (Å²) in [7, 11) is 2.28. The number of anilines is 1. The van der Waals surface area contributed by atoms with Crippen molar-refractivity contribution in [2.75, 3.05) is 11.9 Å². The van der Waals surface area contributed by atoms with Gasteiger partial charge in [0.2, 0.25) is 0 Å². The predicted octanol–water partition coefficient (Wildman–Crippen LogP) is 4.26. The fourth-order valence-electron chi connectivity index (χ4n) is 3.60. The molecule has 0 radical (unpaired) electrons. The topological polar surface area (TPSA) is 15.3 Å². The number of hydrogen-bond acceptors (Lipinski definition) is 2. The Morgan fingerprint density at radius 2 is 1.81 bits per heavy atom. The van der Waals surface area contributed by atoms with E-state index in [1.54, 1.807) is 0 Å². The molecule has 1 N–H and O–H groups in total. The lowest BCUT2D eigenvalue weighted by Gasteiger charge is -2.36. The highest BCUT2D eigenvalue weighted by Gasteiger charge is 2.23. The van der Waals surface area contributed by atoms with Crippen LogP contribution in [0.4, 0.5) is 5.69 Å². The van der Waals surface area contributed by atoms with E-state index in [0.717, 1.165) is 24.5 Å². The van der Waals surface area contributed by atoms with Gasteiger partial charge in [0, 0.05) is 31.4 Å². The summed E-state index contributed by atoms with van der Waals surface area (Å²) in [5.41, 5.74) is 4.27. The van der Waals surface area contributed by atoms with E-state index in [2.05, 4.69) is 49.3 Å². The van der Waals surface area contributed by atoms with Crippen molar-refractivity contribution in [2.45, 2.75) is 71.0 Å². The number of aryl methyl sites for hydroxylation is 1. The zero-order valence-corrected chi connectivity index (χ0v) is 13.9. The van der Waals surface area contributed by atoms with Crippen LogP contribution < -0.4 is 10.2 Å². The quantitative estimate of drug-likeness (QED) is 0.870. The Balaban J connectivity index is 1.63. The summed E-state index contributed by atoms with van der Waals surface area (Å²) >= 11 is 0. The van der Waals surface area contributed by atoms with Crippen molar-refractivity contribution in [2.24, 2.45) is 5.92 Å². The van der Waals surface area contributed by atoms with Gasteiger partial charge in [-0.1, -0.05) is 19.1 Å². The molecule has 2 heteroatoms. The van der Waals surface area contributed by atoms with Crippen LogP contribution >= 0.6 is 0 Å². The SMILES string of the molecule is Cc1cc(CNC2CC2)ccc1N(C)C1CCC(C)CC1. The molecule has 2 nitrogen and oxygen atoms in total. The van der Waals surface area contributed by atoms with Crippen molar-refractivity contribution in [3.05, 3.63) is 29.3 Å². The Labute approximate surface area is 129 Å². The van der Waals surface area contributed by atoms with Gasteiger partial charge in [-0.2, -0.15) is 0 Å². The van der Waals surface area contributed by atoms with E-state index in [1.165, 1.54) is 55.3 Å². The van der Waals surface area contributed by atoms with Crippen LogP contribution in [0.3, 0.4) is 0 Å². The van der Waals surface area contributed by atoms with Crippen molar-refractivity contribution in [3.63, 3.8) is 0 Å². The number of rotatable bonds is 5. The minimum Gasteiger partial charge on any atom is -0.371 e. The Bertz CT molecular complexity index is 470. The van der Waals surface area contributed by atoms with Crippen LogP contribution in [0.1, 0.15) is 56.6 Å². The minimum absolute atomic E-state index is 0.732. The van der Waals surface area contributed by atoms with E-state index in [4.69, 9.17) is 0 Å². The maximum absolute atomic E-state index is 3.60. The number of nitrogens with zero attached hydrogens (tertiary/aromatic N) is 1. The van der Waals surface area contributed by atoms with Crippen molar-refractivity contribution >= 4 is 5.69 Å². The lowest BCUT2D eigenvalue weighted by atomic mass is 9.86. The average Bonchev–Trinajstić information content (AvgIpc) is 3.29. The molecule has 0 aliphatic heterocycles. The molecule has 1 aromatic rings. The van der Waals surface area contributed by atoms with E-state index in [1.807, 2.05) is 0 Å². The standard InChI is InChI=1S/C19H30N2/c1-14-4-9-18(10-5-14)21(3)19-11-6-16(12-15(19)2)13-20-17-7-8-17/h6,11-12,14,17-18,20H,4-5,7-10,13H2,1-3H3. The Kier molecular flexibility index (Phi) is 4.54. The second-order valence-corrected chi connectivity index (χ2v) is 7.30. The van der Waals surface area contributed by atoms with Crippen LogP contribution in [0.2, 0.25) is 0 Å². The number of hydrogen-bond donors (Lipinski definition) is 1. The van der Waals surface area contributed by atoms with E-state index in [-0.39, 0.29) is 0 Å². The summed E-state index contributed by atoms with van der Waals surface area (Å²) in [4.78, 5) is 2.53. The molecule has 0 heterocycles. The third-order valence-corrected chi connectivity index (χ3v) is 5.35. The molecule has 1 aromatic carbocycles.